The van der Waals surface area contributed by atoms with Crippen LogP contribution in [-0.4, -0.2) is 10.1 Å². The molecule has 0 spiro atoms. The SMILES string of the molecule is Cc1cccc(CC(O)c2ncccc2Cl)c1. The van der Waals surface area contributed by atoms with Gasteiger partial charge in [-0.2, -0.15) is 0 Å². The number of hydrogen-bond donors (Lipinski definition) is 1. The summed E-state index contributed by atoms with van der Waals surface area (Å²) >= 11 is 5.99. The Morgan fingerprint density at radius 1 is 1.29 bits per heavy atom. The zero-order valence-electron chi connectivity index (χ0n) is 9.60. The molecule has 0 bridgehead atoms. The lowest BCUT2D eigenvalue weighted by molar-refractivity contribution is 0.173. The van der Waals surface area contributed by atoms with Crippen molar-refractivity contribution in [2.45, 2.75) is 19.4 Å². The summed E-state index contributed by atoms with van der Waals surface area (Å²) in [7, 11) is 0. The lowest BCUT2D eigenvalue weighted by Crippen LogP contribution is -2.04. The number of benzene rings is 1. The number of nitrogens with zero attached hydrogens (tertiary/aromatic N) is 1. The van der Waals surface area contributed by atoms with Gasteiger partial charge < -0.3 is 5.11 Å². The Balaban J connectivity index is 2.17. The highest BCUT2D eigenvalue weighted by molar-refractivity contribution is 6.31. The second-order valence-corrected chi connectivity index (χ2v) is 4.49. The summed E-state index contributed by atoms with van der Waals surface area (Å²) < 4.78 is 0. The Kier molecular flexibility index (Phi) is 3.77. The van der Waals surface area contributed by atoms with Gasteiger partial charge in [-0.15, -0.1) is 0 Å². The van der Waals surface area contributed by atoms with Crippen LogP contribution in [0.15, 0.2) is 42.6 Å². The fraction of sp³-hybridized carbons (Fsp3) is 0.214. The van der Waals surface area contributed by atoms with Gasteiger partial charge in [0.1, 0.15) is 6.10 Å². The molecule has 1 heterocycles. The molecule has 88 valence electrons. The van der Waals surface area contributed by atoms with Crippen LogP contribution in [0.3, 0.4) is 0 Å². The van der Waals surface area contributed by atoms with Crippen LogP contribution in [0.1, 0.15) is 22.9 Å². The summed E-state index contributed by atoms with van der Waals surface area (Å²) in [6.45, 7) is 2.03. The molecule has 0 saturated heterocycles. The van der Waals surface area contributed by atoms with E-state index >= 15 is 0 Å². The number of aliphatic hydroxyl groups is 1. The van der Waals surface area contributed by atoms with Gasteiger partial charge in [-0.25, -0.2) is 0 Å². The Labute approximate surface area is 106 Å². The van der Waals surface area contributed by atoms with Crippen LogP contribution in [0, 0.1) is 6.92 Å². The molecule has 0 aliphatic carbocycles. The fourth-order valence-corrected chi connectivity index (χ4v) is 2.05. The highest BCUT2D eigenvalue weighted by atomic mass is 35.5. The second kappa shape index (κ2) is 5.30. The van der Waals surface area contributed by atoms with E-state index in [0.29, 0.717) is 17.1 Å². The fourth-order valence-electron chi connectivity index (χ4n) is 1.80. The molecule has 0 fully saturated rings. The van der Waals surface area contributed by atoms with Crippen molar-refractivity contribution in [2.75, 3.05) is 0 Å². The van der Waals surface area contributed by atoms with Crippen LogP contribution in [0.25, 0.3) is 0 Å². The van der Waals surface area contributed by atoms with Crippen LogP contribution in [0.5, 0.6) is 0 Å². The average Bonchev–Trinajstić information content (AvgIpc) is 2.29. The Bertz CT molecular complexity index is 513. The van der Waals surface area contributed by atoms with Gasteiger partial charge in [0, 0.05) is 12.6 Å². The molecule has 2 nitrogen and oxygen atoms in total. The summed E-state index contributed by atoms with van der Waals surface area (Å²) in [4.78, 5) is 4.11. The molecule has 1 aromatic carbocycles. The van der Waals surface area contributed by atoms with Crippen LogP contribution >= 0.6 is 11.6 Å². The van der Waals surface area contributed by atoms with Crippen molar-refractivity contribution >= 4 is 11.6 Å². The summed E-state index contributed by atoms with van der Waals surface area (Å²) in [5.41, 5.74) is 2.80. The highest BCUT2D eigenvalue weighted by Gasteiger charge is 2.13. The molecule has 2 rings (SSSR count). The number of aliphatic hydroxyl groups excluding tert-OH is 1. The lowest BCUT2D eigenvalue weighted by Gasteiger charge is -2.11. The van der Waals surface area contributed by atoms with Crippen molar-refractivity contribution in [3.8, 4) is 0 Å². The molecule has 1 unspecified atom stereocenters. The van der Waals surface area contributed by atoms with Crippen molar-refractivity contribution in [1.29, 1.82) is 0 Å². The van der Waals surface area contributed by atoms with E-state index in [4.69, 9.17) is 11.6 Å². The van der Waals surface area contributed by atoms with E-state index < -0.39 is 6.10 Å². The molecule has 3 heteroatoms. The van der Waals surface area contributed by atoms with Gasteiger partial charge in [-0.3, -0.25) is 4.98 Å². The first-order chi connectivity index (χ1) is 8.16. The maximum Gasteiger partial charge on any atom is 0.101 e. The molecule has 0 amide bonds. The topological polar surface area (TPSA) is 33.1 Å². The minimum atomic E-state index is -0.662. The van der Waals surface area contributed by atoms with Gasteiger partial charge in [0.25, 0.3) is 0 Å². The summed E-state index contributed by atoms with van der Waals surface area (Å²) in [5.74, 6) is 0. The molecule has 0 radical (unpaired) electrons. The van der Waals surface area contributed by atoms with Crippen LogP contribution in [0.2, 0.25) is 5.02 Å². The Hall–Kier alpha value is -1.38. The third-order valence-electron chi connectivity index (χ3n) is 2.61. The van der Waals surface area contributed by atoms with Gasteiger partial charge in [0.2, 0.25) is 0 Å². The minimum Gasteiger partial charge on any atom is -0.386 e. The second-order valence-electron chi connectivity index (χ2n) is 4.08. The smallest absolute Gasteiger partial charge is 0.101 e. The molecule has 0 aliphatic rings. The molecule has 17 heavy (non-hydrogen) atoms. The van der Waals surface area contributed by atoms with Crippen LogP contribution in [-0.2, 0) is 6.42 Å². The molecule has 0 aliphatic heterocycles. The zero-order valence-corrected chi connectivity index (χ0v) is 10.4. The van der Waals surface area contributed by atoms with Gasteiger partial charge in [-0.05, 0) is 24.6 Å². The van der Waals surface area contributed by atoms with Gasteiger partial charge in [0.05, 0.1) is 10.7 Å². The number of hydrogen-bond acceptors (Lipinski definition) is 2. The van der Waals surface area contributed by atoms with Crippen molar-refractivity contribution < 1.29 is 5.11 Å². The first kappa shape index (κ1) is 12.1. The molecule has 2 aromatic rings. The quantitative estimate of drug-likeness (QED) is 0.903. The number of pyridine rings is 1. The Morgan fingerprint density at radius 2 is 2.12 bits per heavy atom. The predicted octanol–water partition coefficient (Wildman–Crippen LogP) is 3.32. The third kappa shape index (κ3) is 3.05. The van der Waals surface area contributed by atoms with Crippen molar-refractivity contribution in [1.82, 2.24) is 4.98 Å². The first-order valence-electron chi connectivity index (χ1n) is 5.51. The molecule has 0 saturated carbocycles. The van der Waals surface area contributed by atoms with Crippen molar-refractivity contribution in [3.63, 3.8) is 0 Å². The molecular formula is C14H14ClNO. The van der Waals surface area contributed by atoms with E-state index in [0.717, 1.165) is 5.56 Å². The van der Waals surface area contributed by atoms with E-state index in [-0.39, 0.29) is 0 Å². The Morgan fingerprint density at radius 3 is 2.82 bits per heavy atom. The normalized spacial score (nSPS) is 12.4. The predicted molar refractivity (Wildman–Crippen MR) is 69.1 cm³/mol. The van der Waals surface area contributed by atoms with E-state index in [1.165, 1.54) is 5.56 Å². The summed E-state index contributed by atoms with van der Waals surface area (Å²) in [6.07, 6.45) is 1.50. The van der Waals surface area contributed by atoms with E-state index in [1.54, 1.807) is 18.3 Å². The largest absolute Gasteiger partial charge is 0.386 e. The van der Waals surface area contributed by atoms with E-state index in [9.17, 15) is 5.11 Å². The maximum absolute atomic E-state index is 10.1. The van der Waals surface area contributed by atoms with Gasteiger partial charge in [0.15, 0.2) is 0 Å². The molecular weight excluding hydrogens is 234 g/mol. The molecule has 1 atom stereocenters. The molecule has 1 aromatic heterocycles. The van der Waals surface area contributed by atoms with E-state index in [1.807, 2.05) is 25.1 Å². The van der Waals surface area contributed by atoms with Crippen molar-refractivity contribution in [3.05, 3.63) is 64.4 Å². The maximum atomic E-state index is 10.1. The monoisotopic (exact) mass is 247 g/mol. The zero-order chi connectivity index (χ0) is 12.3. The lowest BCUT2D eigenvalue weighted by atomic mass is 10.0. The molecule has 1 N–H and O–H groups in total. The summed E-state index contributed by atoms with van der Waals surface area (Å²) in [6, 6.07) is 11.6. The van der Waals surface area contributed by atoms with Gasteiger partial charge >= 0.3 is 0 Å². The first-order valence-corrected chi connectivity index (χ1v) is 5.88. The minimum absolute atomic E-state index is 0.507. The van der Waals surface area contributed by atoms with Crippen LogP contribution < -0.4 is 0 Å². The number of rotatable bonds is 3. The van der Waals surface area contributed by atoms with Crippen LogP contribution in [0.4, 0.5) is 0 Å². The van der Waals surface area contributed by atoms with Crippen molar-refractivity contribution in [2.24, 2.45) is 0 Å². The number of aryl methyl sites for hydroxylation is 1. The van der Waals surface area contributed by atoms with E-state index in [2.05, 4.69) is 11.1 Å². The van der Waals surface area contributed by atoms with Gasteiger partial charge in [-0.1, -0.05) is 41.4 Å². The standard InChI is InChI=1S/C14H14ClNO/c1-10-4-2-5-11(8-10)9-13(17)14-12(15)6-3-7-16-14/h2-8,13,17H,9H2,1H3. The third-order valence-corrected chi connectivity index (χ3v) is 2.93. The highest BCUT2D eigenvalue weighted by Crippen LogP contribution is 2.23. The average molecular weight is 248 g/mol. The summed E-state index contributed by atoms with van der Waals surface area (Å²) in [5, 5.41) is 10.6. The number of halogens is 1. The number of aromatic nitrogens is 1.